The molecule has 0 saturated heterocycles. The predicted molar refractivity (Wildman–Crippen MR) is 89.6 cm³/mol. The lowest BCUT2D eigenvalue weighted by molar-refractivity contribution is 0.575. The van der Waals surface area contributed by atoms with Crippen LogP contribution >= 0.6 is 23.2 Å². The van der Waals surface area contributed by atoms with E-state index < -0.39 is 0 Å². The van der Waals surface area contributed by atoms with Gasteiger partial charge in [0, 0.05) is 23.0 Å². The Morgan fingerprint density at radius 2 is 1.86 bits per heavy atom. The van der Waals surface area contributed by atoms with E-state index >= 15 is 0 Å². The van der Waals surface area contributed by atoms with Crippen molar-refractivity contribution in [1.82, 2.24) is 4.98 Å². The molecule has 0 saturated carbocycles. The lowest BCUT2D eigenvalue weighted by Crippen LogP contribution is -1.89. The SMILES string of the molecule is Clc1ccc(Cl)c(-c2ccc(/C=N/Nc3ccncc3)o2)c1. The van der Waals surface area contributed by atoms with Gasteiger partial charge in [-0.2, -0.15) is 5.10 Å². The number of pyridine rings is 1. The first kappa shape index (κ1) is 14.6. The van der Waals surface area contributed by atoms with E-state index in [9.17, 15) is 0 Å². The van der Waals surface area contributed by atoms with E-state index in [1.807, 2.05) is 24.3 Å². The smallest absolute Gasteiger partial charge is 0.147 e. The minimum Gasteiger partial charge on any atom is -0.455 e. The summed E-state index contributed by atoms with van der Waals surface area (Å²) < 4.78 is 5.70. The number of furan rings is 1. The van der Waals surface area contributed by atoms with E-state index in [2.05, 4.69) is 15.5 Å². The molecule has 3 aromatic rings. The molecule has 3 rings (SSSR count). The average Bonchev–Trinajstić information content (AvgIpc) is 2.99. The van der Waals surface area contributed by atoms with Gasteiger partial charge in [-0.05, 0) is 42.5 Å². The normalized spacial score (nSPS) is 11.0. The van der Waals surface area contributed by atoms with Crippen LogP contribution in [0.5, 0.6) is 0 Å². The molecule has 1 N–H and O–H groups in total. The van der Waals surface area contributed by atoms with Gasteiger partial charge in [-0.15, -0.1) is 0 Å². The largest absolute Gasteiger partial charge is 0.455 e. The van der Waals surface area contributed by atoms with Crippen LogP contribution in [0.15, 0.2) is 64.4 Å². The minimum absolute atomic E-state index is 0.581. The molecule has 0 unspecified atom stereocenters. The Bertz CT molecular complexity index is 800. The first-order valence-electron chi connectivity index (χ1n) is 6.47. The first-order valence-corrected chi connectivity index (χ1v) is 7.22. The van der Waals surface area contributed by atoms with E-state index in [-0.39, 0.29) is 0 Å². The van der Waals surface area contributed by atoms with Crippen LogP contribution in [0.25, 0.3) is 11.3 Å². The van der Waals surface area contributed by atoms with Crippen molar-refractivity contribution in [1.29, 1.82) is 0 Å². The van der Waals surface area contributed by atoms with E-state index in [1.165, 1.54) is 0 Å². The summed E-state index contributed by atoms with van der Waals surface area (Å²) in [6.45, 7) is 0. The average molecular weight is 332 g/mol. The lowest BCUT2D eigenvalue weighted by atomic mass is 10.2. The molecular formula is C16H11Cl2N3O. The molecule has 2 aromatic heterocycles. The Balaban J connectivity index is 1.75. The molecular weight excluding hydrogens is 321 g/mol. The third-order valence-electron chi connectivity index (χ3n) is 2.89. The highest BCUT2D eigenvalue weighted by Crippen LogP contribution is 2.31. The summed E-state index contributed by atoms with van der Waals surface area (Å²) in [5.74, 6) is 1.24. The summed E-state index contributed by atoms with van der Waals surface area (Å²) in [5, 5.41) is 5.29. The second kappa shape index (κ2) is 6.64. The van der Waals surface area contributed by atoms with Gasteiger partial charge in [0.25, 0.3) is 0 Å². The Morgan fingerprint density at radius 1 is 1.05 bits per heavy atom. The van der Waals surface area contributed by atoms with Crippen LogP contribution in [0.1, 0.15) is 5.76 Å². The van der Waals surface area contributed by atoms with Crippen LogP contribution in [0, 0.1) is 0 Å². The first-order chi connectivity index (χ1) is 10.7. The molecule has 0 amide bonds. The minimum atomic E-state index is 0.581. The van der Waals surface area contributed by atoms with Crippen LogP contribution < -0.4 is 5.43 Å². The van der Waals surface area contributed by atoms with E-state index in [0.29, 0.717) is 21.6 Å². The number of aromatic nitrogens is 1. The zero-order chi connectivity index (χ0) is 15.4. The van der Waals surface area contributed by atoms with Crippen molar-refractivity contribution in [3.63, 3.8) is 0 Å². The molecule has 4 nitrogen and oxygen atoms in total. The zero-order valence-electron chi connectivity index (χ0n) is 11.3. The summed E-state index contributed by atoms with van der Waals surface area (Å²) in [6.07, 6.45) is 4.95. The second-order valence-electron chi connectivity index (χ2n) is 4.43. The highest BCUT2D eigenvalue weighted by Gasteiger charge is 2.08. The predicted octanol–water partition coefficient (Wildman–Crippen LogP) is 5.09. The number of rotatable bonds is 4. The van der Waals surface area contributed by atoms with Crippen molar-refractivity contribution in [2.75, 3.05) is 5.43 Å². The summed E-state index contributed by atoms with van der Waals surface area (Å²) >= 11 is 12.1. The number of hydrazone groups is 1. The van der Waals surface area contributed by atoms with E-state index in [1.54, 1.807) is 36.8 Å². The van der Waals surface area contributed by atoms with E-state index in [0.717, 1.165) is 11.3 Å². The molecule has 1 aromatic carbocycles. The topological polar surface area (TPSA) is 50.4 Å². The maximum absolute atomic E-state index is 6.15. The highest BCUT2D eigenvalue weighted by molar-refractivity contribution is 6.35. The number of halogens is 2. The molecule has 6 heteroatoms. The number of nitrogens with one attached hydrogen (secondary N) is 1. The molecule has 0 atom stereocenters. The second-order valence-corrected chi connectivity index (χ2v) is 5.28. The Kier molecular flexibility index (Phi) is 4.42. The lowest BCUT2D eigenvalue weighted by Gasteiger charge is -2.01. The number of nitrogens with zero attached hydrogens (tertiary/aromatic N) is 2. The third kappa shape index (κ3) is 3.47. The van der Waals surface area contributed by atoms with Gasteiger partial charge in [-0.1, -0.05) is 23.2 Å². The van der Waals surface area contributed by atoms with Crippen molar-refractivity contribution < 1.29 is 4.42 Å². The maximum atomic E-state index is 6.15. The molecule has 22 heavy (non-hydrogen) atoms. The number of hydrogen-bond acceptors (Lipinski definition) is 4. The van der Waals surface area contributed by atoms with Gasteiger partial charge in [0.15, 0.2) is 0 Å². The van der Waals surface area contributed by atoms with Crippen LogP contribution in [-0.2, 0) is 0 Å². The molecule has 0 aliphatic carbocycles. The van der Waals surface area contributed by atoms with Gasteiger partial charge in [-0.3, -0.25) is 10.4 Å². The maximum Gasteiger partial charge on any atom is 0.147 e. The molecule has 0 radical (unpaired) electrons. The van der Waals surface area contributed by atoms with Crippen LogP contribution in [-0.4, -0.2) is 11.2 Å². The Labute approximate surface area is 137 Å². The van der Waals surface area contributed by atoms with Crippen molar-refractivity contribution >= 4 is 35.1 Å². The summed E-state index contributed by atoms with van der Waals surface area (Å²) in [6, 6.07) is 12.5. The van der Waals surface area contributed by atoms with Gasteiger partial charge in [0.05, 0.1) is 16.9 Å². The zero-order valence-corrected chi connectivity index (χ0v) is 12.8. The van der Waals surface area contributed by atoms with Crippen molar-refractivity contribution in [2.24, 2.45) is 5.10 Å². The molecule has 2 heterocycles. The van der Waals surface area contributed by atoms with Gasteiger partial charge >= 0.3 is 0 Å². The molecule has 110 valence electrons. The molecule has 0 aliphatic rings. The van der Waals surface area contributed by atoms with Gasteiger partial charge in [0.1, 0.15) is 11.5 Å². The van der Waals surface area contributed by atoms with Crippen LogP contribution in [0.4, 0.5) is 5.69 Å². The van der Waals surface area contributed by atoms with Gasteiger partial charge < -0.3 is 4.42 Å². The molecule has 0 bridgehead atoms. The highest BCUT2D eigenvalue weighted by atomic mass is 35.5. The summed E-state index contributed by atoms with van der Waals surface area (Å²) in [5.41, 5.74) is 4.47. The fourth-order valence-electron chi connectivity index (χ4n) is 1.85. The Hall–Kier alpha value is -2.30. The number of hydrogen-bond donors (Lipinski definition) is 1. The molecule has 0 fully saturated rings. The summed E-state index contributed by atoms with van der Waals surface area (Å²) in [7, 11) is 0. The number of benzene rings is 1. The monoisotopic (exact) mass is 331 g/mol. The fraction of sp³-hybridized carbons (Fsp3) is 0. The quantitative estimate of drug-likeness (QED) is 0.534. The van der Waals surface area contributed by atoms with Crippen molar-refractivity contribution in [3.05, 3.63) is 70.7 Å². The van der Waals surface area contributed by atoms with Gasteiger partial charge in [0.2, 0.25) is 0 Å². The number of anilines is 1. The standard InChI is InChI=1S/C16H11Cl2N3O/c17-11-1-3-15(18)14(9-11)16-4-2-13(22-16)10-20-21-12-5-7-19-8-6-12/h1-10H,(H,19,21)/b20-10+. The van der Waals surface area contributed by atoms with Gasteiger partial charge in [-0.25, -0.2) is 0 Å². The molecule has 0 aliphatic heterocycles. The van der Waals surface area contributed by atoms with Crippen molar-refractivity contribution in [3.8, 4) is 11.3 Å². The summed E-state index contributed by atoms with van der Waals surface area (Å²) in [4.78, 5) is 3.93. The third-order valence-corrected chi connectivity index (χ3v) is 3.45. The van der Waals surface area contributed by atoms with Crippen LogP contribution in [0.2, 0.25) is 10.0 Å². The van der Waals surface area contributed by atoms with Crippen molar-refractivity contribution in [2.45, 2.75) is 0 Å². The molecule has 0 spiro atoms. The Morgan fingerprint density at radius 3 is 2.68 bits per heavy atom. The van der Waals surface area contributed by atoms with E-state index in [4.69, 9.17) is 27.6 Å². The van der Waals surface area contributed by atoms with Crippen LogP contribution in [0.3, 0.4) is 0 Å². The fourth-order valence-corrected chi connectivity index (χ4v) is 2.23.